The van der Waals surface area contributed by atoms with Crippen LogP contribution in [0.1, 0.15) is 24.8 Å². The number of ether oxygens (including phenoxy) is 1. The van der Waals surface area contributed by atoms with Gasteiger partial charge in [-0.3, -0.25) is 0 Å². The Kier molecular flexibility index (Phi) is 4.00. The first-order valence-corrected chi connectivity index (χ1v) is 5.98. The molecule has 2 rings (SSSR count). The fourth-order valence-corrected chi connectivity index (χ4v) is 2.01. The average molecular weight is 217 g/mol. The van der Waals surface area contributed by atoms with Crippen LogP contribution in [0.15, 0.2) is 42.2 Å². The second-order valence-corrected chi connectivity index (χ2v) is 4.23. The molecular weight excluding hydrogens is 198 g/mol. The van der Waals surface area contributed by atoms with Gasteiger partial charge in [-0.15, -0.1) is 0 Å². The Morgan fingerprint density at radius 1 is 1.25 bits per heavy atom. The van der Waals surface area contributed by atoms with Gasteiger partial charge in [0.2, 0.25) is 0 Å². The molecule has 2 heteroatoms. The quantitative estimate of drug-likeness (QED) is 0.823. The van der Waals surface area contributed by atoms with Crippen molar-refractivity contribution in [1.82, 2.24) is 0 Å². The third-order valence-electron chi connectivity index (χ3n) is 2.92. The Hall–Kier alpha value is -1.28. The minimum Gasteiger partial charge on any atom is -0.496 e. The van der Waals surface area contributed by atoms with Gasteiger partial charge in [-0.2, -0.15) is 0 Å². The van der Waals surface area contributed by atoms with Crippen LogP contribution in [0.3, 0.4) is 0 Å². The lowest BCUT2D eigenvalue weighted by molar-refractivity contribution is 0.221. The van der Waals surface area contributed by atoms with Gasteiger partial charge in [0.25, 0.3) is 0 Å². The molecule has 0 amide bonds. The number of rotatable bonds is 5. The second kappa shape index (κ2) is 5.71. The number of hydrogen-bond donors (Lipinski definition) is 1. The summed E-state index contributed by atoms with van der Waals surface area (Å²) in [6.45, 7) is 0.807. The summed E-state index contributed by atoms with van der Waals surface area (Å²) in [5.41, 5.74) is 7.44. The van der Waals surface area contributed by atoms with Crippen molar-refractivity contribution in [3.63, 3.8) is 0 Å². The maximum absolute atomic E-state index is 6.05. The molecule has 0 radical (unpaired) electrons. The Morgan fingerprint density at radius 3 is 2.75 bits per heavy atom. The number of nitrogens with two attached hydrogens (primary N) is 1. The zero-order chi connectivity index (χ0) is 11.2. The van der Waals surface area contributed by atoms with E-state index in [1.54, 1.807) is 0 Å². The third-order valence-corrected chi connectivity index (χ3v) is 2.92. The van der Waals surface area contributed by atoms with Gasteiger partial charge in [0.15, 0.2) is 0 Å². The highest BCUT2D eigenvalue weighted by Crippen LogP contribution is 2.16. The normalized spacial score (nSPS) is 16.7. The van der Waals surface area contributed by atoms with E-state index in [2.05, 4.69) is 30.3 Å². The lowest BCUT2D eigenvalue weighted by atomic mass is 10.0. The number of benzene rings is 1. The topological polar surface area (TPSA) is 35.2 Å². The van der Waals surface area contributed by atoms with Crippen molar-refractivity contribution < 1.29 is 4.74 Å². The molecule has 0 spiro atoms. The molecule has 0 aliphatic carbocycles. The average Bonchev–Trinajstić information content (AvgIpc) is 2.84. The lowest BCUT2D eigenvalue weighted by Gasteiger charge is -2.12. The van der Waals surface area contributed by atoms with Gasteiger partial charge in [0, 0.05) is 6.42 Å². The van der Waals surface area contributed by atoms with E-state index >= 15 is 0 Å². The van der Waals surface area contributed by atoms with Crippen molar-refractivity contribution in [2.75, 3.05) is 6.61 Å². The Labute approximate surface area is 97.1 Å². The maximum atomic E-state index is 6.05. The summed E-state index contributed by atoms with van der Waals surface area (Å²) < 4.78 is 5.45. The van der Waals surface area contributed by atoms with Crippen molar-refractivity contribution in [2.24, 2.45) is 5.73 Å². The largest absolute Gasteiger partial charge is 0.496 e. The minimum absolute atomic E-state index is 0.0891. The third kappa shape index (κ3) is 3.11. The maximum Gasteiger partial charge on any atom is 0.109 e. The molecule has 86 valence electrons. The highest BCUT2D eigenvalue weighted by Gasteiger charge is 2.13. The summed E-state index contributed by atoms with van der Waals surface area (Å²) >= 11 is 0. The van der Waals surface area contributed by atoms with Gasteiger partial charge < -0.3 is 10.5 Å². The Morgan fingerprint density at radius 2 is 2.06 bits per heavy atom. The summed E-state index contributed by atoms with van der Waals surface area (Å²) in [6.07, 6.45) is 6.35. The monoisotopic (exact) mass is 217 g/mol. The van der Waals surface area contributed by atoms with Gasteiger partial charge in [-0.1, -0.05) is 30.3 Å². The van der Waals surface area contributed by atoms with Crippen molar-refractivity contribution in [3.05, 3.63) is 47.7 Å². The van der Waals surface area contributed by atoms with Crippen molar-refractivity contribution >= 4 is 0 Å². The van der Waals surface area contributed by atoms with Crippen LogP contribution in [0.25, 0.3) is 0 Å². The van der Waals surface area contributed by atoms with E-state index in [9.17, 15) is 0 Å². The predicted octanol–water partition coefficient (Wildman–Crippen LogP) is 2.64. The molecule has 2 N–H and O–H groups in total. The second-order valence-electron chi connectivity index (χ2n) is 4.23. The van der Waals surface area contributed by atoms with Crippen LogP contribution in [0.4, 0.5) is 0 Å². The minimum atomic E-state index is 0.0891. The van der Waals surface area contributed by atoms with E-state index in [0.717, 1.165) is 38.0 Å². The molecule has 1 aliphatic heterocycles. The van der Waals surface area contributed by atoms with Gasteiger partial charge in [-0.25, -0.2) is 0 Å². The van der Waals surface area contributed by atoms with E-state index in [0.29, 0.717) is 0 Å². The number of aryl methyl sites for hydroxylation is 1. The molecule has 0 bridgehead atoms. The molecule has 0 fully saturated rings. The Balaban J connectivity index is 1.72. The molecule has 1 heterocycles. The number of hydrogen-bond acceptors (Lipinski definition) is 2. The molecule has 0 aromatic heterocycles. The fourth-order valence-electron chi connectivity index (χ4n) is 2.01. The SMILES string of the molecule is NC(CCCc1ccccc1)C1=CCCO1. The first-order chi connectivity index (χ1) is 7.86. The molecule has 1 aromatic carbocycles. The molecule has 1 aliphatic rings. The van der Waals surface area contributed by atoms with Crippen LogP contribution >= 0.6 is 0 Å². The van der Waals surface area contributed by atoms with Gasteiger partial charge >= 0.3 is 0 Å². The van der Waals surface area contributed by atoms with Crippen LogP contribution in [0.5, 0.6) is 0 Å². The zero-order valence-corrected chi connectivity index (χ0v) is 9.56. The van der Waals surface area contributed by atoms with Crippen LogP contribution in [0.2, 0.25) is 0 Å². The first kappa shape index (κ1) is 11.2. The van der Waals surface area contributed by atoms with Gasteiger partial charge in [0.1, 0.15) is 5.76 Å². The van der Waals surface area contributed by atoms with Crippen molar-refractivity contribution in [1.29, 1.82) is 0 Å². The molecule has 1 unspecified atom stereocenters. The summed E-state index contributed by atoms with van der Waals surface area (Å²) in [7, 11) is 0. The fraction of sp³-hybridized carbons (Fsp3) is 0.429. The molecule has 1 atom stereocenters. The molecule has 0 saturated heterocycles. The summed E-state index contributed by atoms with van der Waals surface area (Å²) in [4.78, 5) is 0. The highest BCUT2D eigenvalue weighted by atomic mass is 16.5. The van der Waals surface area contributed by atoms with E-state index < -0.39 is 0 Å². The highest BCUT2D eigenvalue weighted by molar-refractivity contribution is 5.14. The van der Waals surface area contributed by atoms with Crippen molar-refractivity contribution in [3.8, 4) is 0 Å². The van der Waals surface area contributed by atoms with E-state index in [1.807, 2.05) is 6.07 Å². The van der Waals surface area contributed by atoms with Crippen LogP contribution in [-0.4, -0.2) is 12.6 Å². The van der Waals surface area contributed by atoms with Crippen molar-refractivity contribution in [2.45, 2.75) is 31.7 Å². The summed E-state index contributed by atoms with van der Waals surface area (Å²) in [5.74, 6) is 0.994. The van der Waals surface area contributed by atoms with Crippen LogP contribution in [-0.2, 0) is 11.2 Å². The summed E-state index contributed by atoms with van der Waals surface area (Å²) in [5, 5.41) is 0. The molecule has 2 nitrogen and oxygen atoms in total. The van der Waals surface area contributed by atoms with Gasteiger partial charge in [-0.05, 0) is 30.9 Å². The van der Waals surface area contributed by atoms with Crippen LogP contribution in [0, 0.1) is 0 Å². The van der Waals surface area contributed by atoms with E-state index in [-0.39, 0.29) is 6.04 Å². The van der Waals surface area contributed by atoms with E-state index in [4.69, 9.17) is 10.5 Å². The van der Waals surface area contributed by atoms with E-state index in [1.165, 1.54) is 5.56 Å². The first-order valence-electron chi connectivity index (χ1n) is 5.98. The van der Waals surface area contributed by atoms with Crippen LogP contribution < -0.4 is 5.73 Å². The summed E-state index contributed by atoms with van der Waals surface area (Å²) in [6, 6.07) is 10.6. The Bertz CT molecular complexity index is 345. The lowest BCUT2D eigenvalue weighted by Crippen LogP contribution is -2.23. The zero-order valence-electron chi connectivity index (χ0n) is 9.56. The smallest absolute Gasteiger partial charge is 0.109 e. The van der Waals surface area contributed by atoms with Gasteiger partial charge in [0.05, 0.1) is 12.6 Å². The molecule has 16 heavy (non-hydrogen) atoms. The molecule has 1 aromatic rings. The molecule has 0 saturated carbocycles. The molecular formula is C14H19NO. The standard InChI is InChI=1S/C14H19NO/c15-13(14-10-5-11-16-14)9-4-8-12-6-2-1-3-7-12/h1-3,6-7,10,13H,4-5,8-9,11,15H2. The predicted molar refractivity (Wildman–Crippen MR) is 66.0 cm³/mol.